The van der Waals surface area contributed by atoms with Crippen molar-refractivity contribution in [2.45, 2.75) is 25.3 Å². The van der Waals surface area contributed by atoms with Gasteiger partial charge in [-0.15, -0.1) is 0 Å². The van der Waals surface area contributed by atoms with Gasteiger partial charge >= 0.3 is 5.97 Å². The Balaban J connectivity index is 1.95. The molecule has 0 fully saturated rings. The van der Waals surface area contributed by atoms with Crippen LogP contribution < -0.4 is 20.1 Å². The van der Waals surface area contributed by atoms with E-state index in [0.717, 1.165) is 12.1 Å². The highest BCUT2D eigenvalue weighted by atomic mass is 19.1. The number of amides is 2. The van der Waals surface area contributed by atoms with Crippen molar-refractivity contribution in [2.75, 3.05) is 27.9 Å². The number of benzene rings is 2. The fourth-order valence-corrected chi connectivity index (χ4v) is 3.06. The van der Waals surface area contributed by atoms with Crippen LogP contribution in [0.15, 0.2) is 36.4 Å². The van der Waals surface area contributed by atoms with Crippen LogP contribution in [0, 0.1) is 11.6 Å². The van der Waals surface area contributed by atoms with E-state index in [4.69, 9.17) is 14.2 Å². The van der Waals surface area contributed by atoms with Crippen LogP contribution in [0.4, 0.5) is 8.78 Å². The van der Waals surface area contributed by atoms with Gasteiger partial charge in [-0.2, -0.15) is 0 Å². The molecule has 2 N–H and O–H groups in total. The second-order valence-corrected chi connectivity index (χ2v) is 7.00. The zero-order valence-corrected chi connectivity index (χ0v) is 18.6. The van der Waals surface area contributed by atoms with E-state index in [1.165, 1.54) is 21.3 Å². The molecule has 178 valence electrons. The summed E-state index contributed by atoms with van der Waals surface area (Å²) in [6.07, 6.45) is 0.201. The van der Waals surface area contributed by atoms with E-state index in [9.17, 15) is 23.2 Å². The second-order valence-electron chi connectivity index (χ2n) is 7.00. The highest BCUT2D eigenvalue weighted by molar-refractivity contribution is 5.94. The maximum Gasteiger partial charge on any atom is 0.307 e. The smallest absolute Gasteiger partial charge is 0.307 e. The average molecular weight is 464 g/mol. The number of methoxy groups -OCH3 is 3. The maximum atomic E-state index is 13.7. The largest absolute Gasteiger partial charge is 0.493 e. The number of hydrogen-bond donors (Lipinski definition) is 2. The van der Waals surface area contributed by atoms with Crippen LogP contribution in [-0.4, -0.2) is 45.7 Å². The van der Waals surface area contributed by atoms with Gasteiger partial charge in [0.15, 0.2) is 11.5 Å². The van der Waals surface area contributed by atoms with Gasteiger partial charge in [-0.05, 0) is 36.2 Å². The zero-order valence-electron chi connectivity index (χ0n) is 18.6. The number of hydrogen-bond acceptors (Lipinski definition) is 6. The van der Waals surface area contributed by atoms with Crippen LogP contribution in [0.3, 0.4) is 0 Å². The monoisotopic (exact) mass is 464 g/mol. The van der Waals surface area contributed by atoms with Crippen LogP contribution in [-0.2, 0) is 14.3 Å². The van der Waals surface area contributed by atoms with Gasteiger partial charge in [-0.1, -0.05) is 6.07 Å². The first-order valence-electron chi connectivity index (χ1n) is 10.1. The molecule has 1 unspecified atom stereocenters. The molecule has 2 amide bonds. The van der Waals surface area contributed by atoms with Crippen molar-refractivity contribution in [1.29, 1.82) is 0 Å². The van der Waals surface area contributed by atoms with Crippen LogP contribution in [0.5, 0.6) is 11.5 Å². The van der Waals surface area contributed by atoms with Gasteiger partial charge in [0.2, 0.25) is 5.91 Å². The Morgan fingerprint density at radius 1 is 0.970 bits per heavy atom. The summed E-state index contributed by atoms with van der Waals surface area (Å²) in [6.45, 7) is 0.0983. The minimum atomic E-state index is -0.967. The van der Waals surface area contributed by atoms with E-state index in [0.29, 0.717) is 23.1 Å². The minimum Gasteiger partial charge on any atom is -0.493 e. The number of ether oxygens (including phenoxy) is 3. The Kier molecular flexibility index (Phi) is 9.59. The molecule has 0 aromatic heterocycles. The molecule has 0 saturated carbocycles. The molecule has 0 saturated heterocycles. The van der Waals surface area contributed by atoms with Crippen molar-refractivity contribution in [2.24, 2.45) is 0 Å². The van der Waals surface area contributed by atoms with Gasteiger partial charge < -0.3 is 24.8 Å². The van der Waals surface area contributed by atoms with E-state index in [1.54, 1.807) is 18.2 Å². The summed E-state index contributed by atoms with van der Waals surface area (Å²) in [5.41, 5.74) is 0.332. The number of halogens is 2. The molecular formula is C23H26F2N2O6. The molecule has 2 aromatic carbocycles. The molecule has 0 radical (unpaired) electrons. The first-order chi connectivity index (χ1) is 15.8. The van der Waals surface area contributed by atoms with E-state index < -0.39 is 29.6 Å². The van der Waals surface area contributed by atoms with Gasteiger partial charge in [0.05, 0.1) is 39.4 Å². The molecule has 8 nitrogen and oxygen atoms in total. The Hall–Kier alpha value is -3.69. The highest BCUT2D eigenvalue weighted by Crippen LogP contribution is 2.31. The number of esters is 1. The van der Waals surface area contributed by atoms with Crippen molar-refractivity contribution >= 4 is 17.8 Å². The number of carbonyl (C=O) groups excluding carboxylic acids is 3. The third-order valence-electron chi connectivity index (χ3n) is 4.79. The van der Waals surface area contributed by atoms with Crippen LogP contribution in [0.2, 0.25) is 0 Å². The first-order valence-corrected chi connectivity index (χ1v) is 10.1. The summed E-state index contributed by atoms with van der Waals surface area (Å²) in [6, 6.07) is 7.00. The SMILES string of the molecule is COC(=O)CC(NC(=O)CCCNC(=O)c1ccc(F)cc1F)c1ccc(OC)c(OC)c1. The number of carbonyl (C=O) groups is 3. The molecule has 1 atom stereocenters. The van der Waals surface area contributed by atoms with E-state index >= 15 is 0 Å². The van der Waals surface area contributed by atoms with Crippen molar-refractivity contribution < 1.29 is 37.4 Å². The van der Waals surface area contributed by atoms with E-state index in [1.807, 2.05) is 0 Å². The third kappa shape index (κ3) is 7.44. The van der Waals surface area contributed by atoms with Gasteiger partial charge in [0, 0.05) is 19.0 Å². The lowest BCUT2D eigenvalue weighted by atomic mass is 10.0. The molecule has 0 aliphatic carbocycles. The molecule has 0 heterocycles. The van der Waals surface area contributed by atoms with Crippen molar-refractivity contribution in [3.8, 4) is 11.5 Å². The quantitative estimate of drug-likeness (QED) is 0.392. The summed E-state index contributed by atoms with van der Waals surface area (Å²) in [7, 11) is 4.22. The Bertz CT molecular complexity index is 999. The molecule has 0 aliphatic rings. The minimum absolute atomic E-state index is 0.0388. The van der Waals surface area contributed by atoms with E-state index in [2.05, 4.69) is 10.6 Å². The summed E-state index contributed by atoms with van der Waals surface area (Å²) in [5.74, 6) is -2.39. The molecule has 0 bridgehead atoms. The standard InChI is InChI=1S/C23H26F2N2O6/c1-31-19-9-6-14(11-20(19)32-2)18(13-22(29)33-3)27-21(28)5-4-10-26-23(30)16-8-7-15(24)12-17(16)25/h6-9,11-12,18H,4-5,10,13H2,1-3H3,(H,26,30)(H,27,28). The summed E-state index contributed by atoms with van der Waals surface area (Å²) in [4.78, 5) is 36.3. The molecule has 2 rings (SSSR count). The molecular weight excluding hydrogens is 438 g/mol. The second kappa shape index (κ2) is 12.4. The van der Waals surface area contributed by atoms with Gasteiger partial charge in [0.1, 0.15) is 11.6 Å². The summed E-state index contributed by atoms with van der Waals surface area (Å²) < 4.78 is 41.8. The predicted octanol–water partition coefficient (Wildman–Crippen LogP) is 2.91. The molecule has 0 aliphatic heterocycles. The molecule has 33 heavy (non-hydrogen) atoms. The average Bonchev–Trinajstić information content (AvgIpc) is 2.80. The lowest BCUT2D eigenvalue weighted by Gasteiger charge is -2.20. The Morgan fingerprint density at radius 2 is 1.70 bits per heavy atom. The summed E-state index contributed by atoms with van der Waals surface area (Å²) in [5, 5.41) is 5.25. The molecule has 10 heteroatoms. The predicted molar refractivity (Wildman–Crippen MR) is 115 cm³/mol. The van der Waals surface area contributed by atoms with Gasteiger partial charge in [-0.25, -0.2) is 8.78 Å². The third-order valence-corrected chi connectivity index (χ3v) is 4.79. The number of rotatable bonds is 11. The lowest BCUT2D eigenvalue weighted by Crippen LogP contribution is -2.31. The fourth-order valence-electron chi connectivity index (χ4n) is 3.06. The van der Waals surface area contributed by atoms with Gasteiger partial charge in [-0.3, -0.25) is 14.4 Å². The lowest BCUT2D eigenvalue weighted by molar-refractivity contribution is -0.141. The van der Waals surface area contributed by atoms with Crippen LogP contribution in [0.1, 0.15) is 41.2 Å². The summed E-state index contributed by atoms with van der Waals surface area (Å²) >= 11 is 0. The molecule has 2 aromatic rings. The topological polar surface area (TPSA) is 103 Å². The van der Waals surface area contributed by atoms with Crippen molar-refractivity contribution in [3.63, 3.8) is 0 Å². The fraction of sp³-hybridized carbons (Fsp3) is 0.348. The first kappa shape index (κ1) is 25.6. The van der Waals surface area contributed by atoms with Gasteiger partial charge in [0.25, 0.3) is 5.91 Å². The maximum absolute atomic E-state index is 13.7. The number of nitrogens with one attached hydrogen (secondary N) is 2. The van der Waals surface area contributed by atoms with Crippen LogP contribution >= 0.6 is 0 Å². The van der Waals surface area contributed by atoms with E-state index in [-0.39, 0.29) is 37.3 Å². The van der Waals surface area contributed by atoms with Crippen molar-refractivity contribution in [1.82, 2.24) is 10.6 Å². The Morgan fingerprint density at radius 3 is 2.33 bits per heavy atom. The normalized spacial score (nSPS) is 11.3. The highest BCUT2D eigenvalue weighted by Gasteiger charge is 2.21. The van der Waals surface area contributed by atoms with Crippen LogP contribution in [0.25, 0.3) is 0 Å². The van der Waals surface area contributed by atoms with Crippen molar-refractivity contribution in [3.05, 3.63) is 59.2 Å². The molecule has 0 spiro atoms. The zero-order chi connectivity index (χ0) is 24.4. The Labute approximate surface area is 190 Å².